The molecule has 1 unspecified atom stereocenters. The summed E-state index contributed by atoms with van der Waals surface area (Å²) in [5.41, 5.74) is 7.84. The van der Waals surface area contributed by atoms with E-state index in [2.05, 4.69) is 12.1 Å². The summed E-state index contributed by atoms with van der Waals surface area (Å²) in [7, 11) is 1.81. The first-order chi connectivity index (χ1) is 9.16. The quantitative estimate of drug-likeness (QED) is 0.863. The molecule has 1 amide bonds. The predicted octanol–water partition coefficient (Wildman–Crippen LogP) is 2.95. The molecule has 1 aromatic rings. The summed E-state index contributed by atoms with van der Waals surface area (Å²) >= 11 is 1.91. The van der Waals surface area contributed by atoms with Crippen molar-refractivity contribution in [2.45, 2.75) is 36.6 Å². The van der Waals surface area contributed by atoms with Crippen molar-refractivity contribution in [1.82, 2.24) is 0 Å². The van der Waals surface area contributed by atoms with Crippen LogP contribution in [0.5, 0.6) is 0 Å². The second kappa shape index (κ2) is 5.17. The molecule has 3 nitrogen and oxygen atoms in total. The first-order valence-corrected chi connectivity index (χ1v) is 7.95. The normalized spacial score (nSPS) is 23.2. The monoisotopic (exact) mass is 276 g/mol. The topological polar surface area (TPSA) is 46.3 Å². The number of amides is 1. The van der Waals surface area contributed by atoms with Crippen molar-refractivity contribution in [2.75, 3.05) is 17.7 Å². The summed E-state index contributed by atoms with van der Waals surface area (Å²) in [6.45, 7) is 0. The average Bonchev–Trinajstić information content (AvgIpc) is 3.01. The summed E-state index contributed by atoms with van der Waals surface area (Å²) in [6, 6.07) is 5.75. The fourth-order valence-electron chi connectivity index (χ4n) is 3.02. The van der Waals surface area contributed by atoms with Crippen LogP contribution in [-0.4, -0.2) is 18.7 Å². The van der Waals surface area contributed by atoms with Gasteiger partial charge in [0, 0.05) is 28.9 Å². The van der Waals surface area contributed by atoms with Gasteiger partial charge in [0.25, 0.3) is 0 Å². The highest BCUT2D eigenvalue weighted by Gasteiger charge is 2.32. The summed E-state index contributed by atoms with van der Waals surface area (Å²) in [4.78, 5) is 14.8. The minimum Gasteiger partial charge on any atom is -0.316 e. The molecule has 0 bridgehead atoms. The van der Waals surface area contributed by atoms with Crippen molar-refractivity contribution in [2.24, 2.45) is 11.7 Å². The van der Waals surface area contributed by atoms with E-state index < -0.39 is 6.04 Å². The third kappa shape index (κ3) is 2.39. The van der Waals surface area contributed by atoms with Crippen molar-refractivity contribution in [3.8, 4) is 0 Å². The zero-order chi connectivity index (χ0) is 13.4. The fourth-order valence-corrected chi connectivity index (χ4v) is 4.14. The maximum atomic E-state index is 11.8. The Morgan fingerprint density at radius 2 is 2.11 bits per heavy atom. The van der Waals surface area contributed by atoms with E-state index in [4.69, 9.17) is 5.73 Å². The van der Waals surface area contributed by atoms with Gasteiger partial charge in [0.15, 0.2) is 0 Å². The Hall–Kier alpha value is -1.00. The van der Waals surface area contributed by atoms with E-state index in [9.17, 15) is 4.79 Å². The molecule has 0 radical (unpaired) electrons. The molecular formula is C15H20N2OS. The van der Waals surface area contributed by atoms with Gasteiger partial charge >= 0.3 is 0 Å². The van der Waals surface area contributed by atoms with Crippen molar-refractivity contribution >= 4 is 23.4 Å². The van der Waals surface area contributed by atoms with Crippen LogP contribution in [0.25, 0.3) is 0 Å². The molecule has 0 spiro atoms. The van der Waals surface area contributed by atoms with Crippen LogP contribution in [0, 0.1) is 5.92 Å². The SMILES string of the molecule is CN1C(=O)C(N)c2ccc(SCC3CCCC3)cc21. The van der Waals surface area contributed by atoms with E-state index in [0.29, 0.717) is 0 Å². The van der Waals surface area contributed by atoms with Crippen LogP contribution in [0.4, 0.5) is 5.69 Å². The molecule has 102 valence electrons. The first-order valence-electron chi connectivity index (χ1n) is 6.96. The third-order valence-corrected chi connectivity index (χ3v) is 5.48. The highest BCUT2D eigenvalue weighted by atomic mass is 32.2. The number of rotatable bonds is 3. The van der Waals surface area contributed by atoms with Crippen molar-refractivity contribution < 1.29 is 4.79 Å². The van der Waals surface area contributed by atoms with E-state index in [1.165, 1.54) is 36.3 Å². The van der Waals surface area contributed by atoms with Crippen molar-refractivity contribution in [3.05, 3.63) is 23.8 Å². The van der Waals surface area contributed by atoms with Gasteiger partial charge in [-0.25, -0.2) is 0 Å². The molecule has 4 heteroatoms. The Bertz CT molecular complexity index is 497. The summed E-state index contributed by atoms with van der Waals surface area (Å²) in [5.74, 6) is 2.07. The Balaban J connectivity index is 1.73. The summed E-state index contributed by atoms with van der Waals surface area (Å²) < 4.78 is 0. The van der Waals surface area contributed by atoms with Crippen LogP contribution in [0.1, 0.15) is 37.3 Å². The fraction of sp³-hybridized carbons (Fsp3) is 0.533. The Morgan fingerprint density at radius 3 is 2.84 bits per heavy atom. The van der Waals surface area contributed by atoms with Gasteiger partial charge in [0.05, 0.1) is 0 Å². The lowest BCUT2D eigenvalue weighted by atomic mass is 10.1. The Labute approximate surface area is 118 Å². The molecule has 1 saturated carbocycles. The molecular weight excluding hydrogens is 256 g/mol. The predicted molar refractivity (Wildman–Crippen MR) is 79.5 cm³/mol. The molecule has 1 heterocycles. The van der Waals surface area contributed by atoms with Crippen LogP contribution >= 0.6 is 11.8 Å². The number of hydrogen-bond acceptors (Lipinski definition) is 3. The van der Waals surface area contributed by atoms with Crippen LogP contribution in [0.15, 0.2) is 23.1 Å². The molecule has 0 aromatic heterocycles. The van der Waals surface area contributed by atoms with Gasteiger partial charge in [-0.2, -0.15) is 0 Å². The van der Waals surface area contributed by atoms with E-state index in [-0.39, 0.29) is 5.91 Å². The lowest BCUT2D eigenvalue weighted by molar-refractivity contribution is -0.118. The number of thioether (sulfide) groups is 1. The molecule has 2 N–H and O–H groups in total. The average molecular weight is 276 g/mol. The maximum absolute atomic E-state index is 11.8. The lowest BCUT2D eigenvalue weighted by Crippen LogP contribution is -2.27. The van der Waals surface area contributed by atoms with Gasteiger partial charge in [-0.3, -0.25) is 4.79 Å². The number of hydrogen-bond donors (Lipinski definition) is 1. The van der Waals surface area contributed by atoms with E-state index in [0.717, 1.165) is 17.2 Å². The van der Waals surface area contributed by atoms with Gasteiger partial charge in [-0.1, -0.05) is 18.9 Å². The molecule has 1 fully saturated rings. The van der Waals surface area contributed by atoms with Crippen LogP contribution in [0.2, 0.25) is 0 Å². The van der Waals surface area contributed by atoms with E-state index >= 15 is 0 Å². The lowest BCUT2D eigenvalue weighted by Gasteiger charge is -2.12. The van der Waals surface area contributed by atoms with Crippen molar-refractivity contribution in [3.63, 3.8) is 0 Å². The molecule has 0 saturated heterocycles. The molecule has 1 aromatic carbocycles. The molecule has 1 atom stereocenters. The smallest absolute Gasteiger partial charge is 0.248 e. The Kier molecular flexibility index (Phi) is 3.54. The number of carbonyl (C=O) groups excluding carboxylic acids is 1. The minimum absolute atomic E-state index is 0.00653. The number of fused-ring (bicyclic) bond motifs is 1. The second-order valence-corrected chi connectivity index (χ2v) is 6.65. The molecule has 1 aliphatic heterocycles. The summed E-state index contributed by atoms with van der Waals surface area (Å²) in [5, 5.41) is 0. The summed E-state index contributed by atoms with van der Waals surface area (Å²) in [6.07, 6.45) is 5.53. The molecule has 2 aliphatic rings. The van der Waals surface area contributed by atoms with Gasteiger partial charge in [0.1, 0.15) is 6.04 Å². The first kappa shape index (κ1) is 13.0. The number of carbonyl (C=O) groups is 1. The highest BCUT2D eigenvalue weighted by molar-refractivity contribution is 7.99. The van der Waals surface area contributed by atoms with Crippen LogP contribution in [0.3, 0.4) is 0 Å². The van der Waals surface area contributed by atoms with E-state index in [1.54, 1.807) is 11.9 Å². The zero-order valence-electron chi connectivity index (χ0n) is 11.3. The van der Waals surface area contributed by atoms with Crippen LogP contribution in [-0.2, 0) is 4.79 Å². The number of anilines is 1. The van der Waals surface area contributed by atoms with Gasteiger partial charge in [0.2, 0.25) is 5.91 Å². The highest BCUT2D eigenvalue weighted by Crippen LogP contribution is 2.38. The third-order valence-electron chi connectivity index (χ3n) is 4.26. The van der Waals surface area contributed by atoms with Gasteiger partial charge < -0.3 is 10.6 Å². The molecule has 3 rings (SSSR count). The number of benzene rings is 1. The van der Waals surface area contributed by atoms with Gasteiger partial charge in [-0.05, 0) is 30.9 Å². The number of nitrogens with zero attached hydrogens (tertiary/aromatic N) is 1. The zero-order valence-corrected chi connectivity index (χ0v) is 12.1. The number of nitrogens with two attached hydrogens (primary N) is 1. The maximum Gasteiger partial charge on any atom is 0.248 e. The largest absolute Gasteiger partial charge is 0.316 e. The molecule has 1 aliphatic carbocycles. The standard InChI is InChI=1S/C15H20N2OS/c1-17-13-8-11(19-9-10-4-2-3-5-10)6-7-12(13)14(16)15(17)18/h6-8,10,14H,2-5,9,16H2,1H3. The van der Waals surface area contributed by atoms with E-state index in [1.807, 2.05) is 17.8 Å². The van der Waals surface area contributed by atoms with Crippen LogP contribution < -0.4 is 10.6 Å². The second-order valence-electron chi connectivity index (χ2n) is 5.56. The van der Waals surface area contributed by atoms with Crippen molar-refractivity contribution in [1.29, 1.82) is 0 Å². The minimum atomic E-state index is -0.478. The van der Waals surface area contributed by atoms with Gasteiger partial charge in [-0.15, -0.1) is 11.8 Å². The number of likely N-dealkylation sites (N-methyl/N-ethyl adjacent to an activating group) is 1. The molecule has 19 heavy (non-hydrogen) atoms. The Morgan fingerprint density at radius 1 is 1.37 bits per heavy atom.